The van der Waals surface area contributed by atoms with E-state index in [0.29, 0.717) is 6.42 Å². The maximum Gasteiger partial charge on any atom is 0.417 e. The van der Waals surface area contributed by atoms with Gasteiger partial charge in [0, 0.05) is 36.2 Å². The van der Waals surface area contributed by atoms with Crippen molar-refractivity contribution in [2.45, 2.75) is 69.8 Å². The molecule has 0 spiro atoms. The van der Waals surface area contributed by atoms with E-state index in [-0.39, 0.29) is 66.0 Å². The number of pyridine rings is 1. The largest absolute Gasteiger partial charge is 0.481 e. The lowest BCUT2D eigenvalue weighted by atomic mass is 9.80. The lowest BCUT2D eigenvalue weighted by Crippen LogP contribution is -2.54. The Hall–Kier alpha value is -3.22. The summed E-state index contributed by atoms with van der Waals surface area (Å²) in [7, 11) is 1.40. The molecule has 2 aromatic rings. The summed E-state index contributed by atoms with van der Waals surface area (Å²) in [6, 6.07) is 2.08. The molecule has 3 N–H and O–H groups in total. The molecule has 2 aromatic heterocycles. The number of rotatable bonds is 5. The third kappa shape index (κ3) is 5.47. The predicted molar refractivity (Wildman–Crippen MR) is 128 cm³/mol. The minimum absolute atomic E-state index is 0.0368. The number of likely N-dealkylation sites (tertiary alicyclic amines) is 1. The topological polar surface area (TPSA) is 120 Å². The SMILES string of the molecule is COc1cc(-c2cc(C(=O)N3C[C@@H](C)[C@H](C(=O)NC4CCC(O)(C(F)(F)F)CC4)C[C@H]3C)[nH]n2)c(F)cn1. The van der Waals surface area contributed by atoms with Crippen molar-refractivity contribution >= 4 is 11.8 Å². The summed E-state index contributed by atoms with van der Waals surface area (Å²) < 4.78 is 58.5. The van der Waals surface area contributed by atoms with Gasteiger partial charge in [0.1, 0.15) is 5.69 Å². The minimum atomic E-state index is -4.69. The highest BCUT2D eigenvalue weighted by molar-refractivity contribution is 5.94. The van der Waals surface area contributed by atoms with E-state index in [1.807, 2.05) is 13.8 Å². The van der Waals surface area contributed by atoms with Crippen molar-refractivity contribution in [3.8, 4) is 17.1 Å². The highest BCUT2D eigenvalue weighted by Gasteiger charge is 2.54. The van der Waals surface area contributed by atoms with Gasteiger partial charge < -0.3 is 20.1 Å². The Morgan fingerprint density at radius 1 is 1.24 bits per heavy atom. The number of alkyl halides is 3. The first-order valence-corrected chi connectivity index (χ1v) is 12.5. The molecule has 4 rings (SSSR count). The number of ether oxygens (including phenoxy) is 1. The molecule has 1 aliphatic carbocycles. The van der Waals surface area contributed by atoms with Crippen molar-refractivity contribution in [3.63, 3.8) is 0 Å². The van der Waals surface area contributed by atoms with Gasteiger partial charge in [0.15, 0.2) is 11.4 Å². The van der Waals surface area contributed by atoms with Gasteiger partial charge in [-0.25, -0.2) is 9.37 Å². The van der Waals surface area contributed by atoms with Crippen LogP contribution in [0.2, 0.25) is 0 Å². The smallest absolute Gasteiger partial charge is 0.417 e. The number of H-pyrrole nitrogens is 1. The number of aliphatic hydroxyl groups is 1. The molecule has 13 heteroatoms. The molecular formula is C25H31F4N5O4. The van der Waals surface area contributed by atoms with E-state index in [1.165, 1.54) is 19.2 Å². The molecule has 208 valence electrons. The van der Waals surface area contributed by atoms with E-state index in [4.69, 9.17) is 4.74 Å². The number of carbonyl (C=O) groups excluding carboxylic acids is 2. The van der Waals surface area contributed by atoms with E-state index in [9.17, 15) is 32.3 Å². The summed E-state index contributed by atoms with van der Waals surface area (Å²) in [5.74, 6) is -1.66. The van der Waals surface area contributed by atoms with Crippen LogP contribution < -0.4 is 10.1 Å². The molecule has 9 nitrogen and oxygen atoms in total. The van der Waals surface area contributed by atoms with Gasteiger partial charge in [-0.2, -0.15) is 18.3 Å². The minimum Gasteiger partial charge on any atom is -0.481 e. The number of aromatic nitrogens is 3. The Morgan fingerprint density at radius 3 is 2.55 bits per heavy atom. The van der Waals surface area contributed by atoms with Crippen LogP contribution in [0.25, 0.3) is 11.3 Å². The zero-order chi connectivity index (χ0) is 27.8. The molecular weight excluding hydrogens is 510 g/mol. The van der Waals surface area contributed by atoms with Crippen molar-refractivity contribution < 1.29 is 37.0 Å². The fourth-order valence-corrected chi connectivity index (χ4v) is 5.28. The number of nitrogens with one attached hydrogen (secondary N) is 2. The third-order valence-corrected chi connectivity index (χ3v) is 7.71. The number of piperidine rings is 1. The lowest BCUT2D eigenvalue weighted by molar-refractivity contribution is -0.270. The highest BCUT2D eigenvalue weighted by Crippen LogP contribution is 2.41. The van der Waals surface area contributed by atoms with Crippen LogP contribution >= 0.6 is 0 Å². The van der Waals surface area contributed by atoms with Gasteiger partial charge >= 0.3 is 6.18 Å². The van der Waals surface area contributed by atoms with Gasteiger partial charge in [0.05, 0.1) is 19.0 Å². The van der Waals surface area contributed by atoms with Crippen molar-refractivity contribution in [2.75, 3.05) is 13.7 Å². The van der Waals surface area contributed by atoms with E-state index >= 15 is 0 Å². The molecule has 2 fully saturated rings. The number of methoxy groups -OCH3 is 1. The fraction of sp³-hybridized carbons (Fsp3) is 0.600. The summed E-state index contributed by atoms with van der Waals surface area (Å²) in [6.07, 6.45) is -4.15. The summed E-state index contributed by atoms with van der Waals surface area (Å²) >= 11 is 0. The van der Waals surface area contributed by atoms with Crippen LogP contribution in [0.15, 0.2) is 18.3 Å². The van der Waals surface area contributed by atoms with Crippen LogP contribution in [0.5, 0.6) is 5.88 Å². The van der Waals surface area contributed by atoms with Crippen LogP contribution in [-0.4, -0.2) is 74.5 Å². The molecule has 3 heterocycles. The van der Waals surface area contributed by atoms with Crippen molar-refractivity contribution in [2.24, 2.45) is 11.8 Å². The standard InChI is InChI=1S/C25H31F4N5O4/c1-13-12-34(23(36)20-10-19(32-33-20)17-9-21(38-3)30-11-18(17)26)14(2)8-16(13)22(35)31-15-4-6-24(37,7-5-15)25(27,28)29/h9-11,13-16,37H,4-8,12H2,1-3H3,(H,31,35)(H,32,33)/t13-,14-,15?,16-,24?/m1/s1. The Kier molecular flexibility index (Phi) is 7.69. The van der Waals surface area contributed by atoms with Crippen LogP contribution in [0, 0.1) is 17.7 Å². The number of amides is 2. The number of hydrogen-bond acceptors (Lipinski definition) is 6. The van der Waals surface area contributed by atoms with Crippen molar-refractivity contribution in [3.05, 3.63) is 29.8 Å². The molecule has 0 aromatic carbocycles. The quantitative estimate of drug-likeness (QED) is 0.499. The first kappa shape index (κ1) is 27.8. The summed E-state index contributed by atoms with van der Waals surface area (Å²) in [6.45, 7) is 3.94. The molecule has 1 aliphatic heterocycles. The second kappa shape index (κ2) is 10.5. The van der Waals surface area contributed by atoms with Crippen LogP contribution in [0.1, 0.15) is 56.4 Å². The Labute approximate surface area is 217 Å². The molecule has 0 unspecified atom stereocenters. The summed E-state index contributed by atoms with van der Waals surface area (Å²) in [4.78, 5) is 31.7. The maximum absolute atomic E-state index is 14.3. The number of nitrogens with zero attached hydrogens (tertiary/aromatic N) is 3. The average molecular weight is 542 g/mol. The van der Waals surface area contributed by atoms with Crippen LogP contribution in [0.4, 0.5) is 17.6 Å². The number of hydrogen-bond donors (Lipinski definition) is 3. The lowest BCUT2D eigenvalue weighted by Gasteiger charge is -2.42. The molecule has 2 amide bonds. The Morgan fingerprint density at radius 2 is 1.92 bits per heavy atom. The normalized spacial score (nSPS) is 28.2. The average Bonchev–Trinajstić information content (AvgIpc) is 3.36. The van der Waals surface area contributed by atoms with Gasteiger partial charge in [-0.3, -0.25) is 14.7 Å². The van der Waals surface area contributed by atoms with Crippen LogP contribution in [0.3, 0.4) is 0 Å². The molecule has 1 saturated heterocycles. The van der Waals surface area contributed by atoms with E-state index in [2.05, 4.69) is 20.5 Å². The van der Waals surface area contributed by atoms with Gasteiger partial charge in [-0.15, -0.1) is 0 Å². The number of carbonyl (C=O) groups is 2. The summed E-state index contributed by atoms with van der Waals surface area (Å²) in [5, 5.41) is 19.4. The third-order valence-electron chi connectivity index (χ3n) is 7.71. The zero-order valence-corrected chi connectivity index (χ0v) is 21.3. The number of aromatic amines is 1. The molecule has 0 bridgehead atoms. The fourth-order valence-electron chi connectivity index (χ4n) is 5.28. The van der Waals surface area contributed by atoms with Gasteiger partial charge in [-0.1, -0.05) is 6.92 Å². The summed E-state index contributed by atoms with van der Waals surface area (Å²) in [5.41, 5.74) is -2.20. The van der Waals surface area contributed by atoms with Crippen molar-refractivity contribution in [1.82, 2.24) is 25.4 Å². The van der Waals surface area contributed by atoms with E-state index < -0.39 is 42.4 Å². The maximum atomic E-state index is 14.3. The van der Waals surface area contributed by atoms with Crippen molar-refractivity contribution in [1.29, 1.82) is 0 Å². The molecule has 3 atom stereocenters. The molecule has 2 aliphatic rings. The first-order chi connectivity index (χ1) is 17.8. The Balaban J connectivity index is 1.37. The first-order valence-electron chi connectivity index (χ1n) is 12.5. The Bertz CT molecular complexity index is 1180. The molecule has 38 heavy (non-hydrogen) atoms. The second-order valence-corrected chi connectivity index (χ2v) is 10.3. The van der Waals surface area contributed by atoms with Gasteiger partial charge in [0.25, 0.3) is 5.91 Å². The number of halogens is 4. The van der Waals surface area contributed by atoms with Crippen LogP contribution in [-0.2, 0) is 4.79 Å². The van der Waals surface area contributed by atoms with Gasteiger partial charge in [-0.05, 0) is 51.0 Å². The van der Waals surface area contributed by atoms with E-state index in [0.717, 1.165) is 6.20 Å². The zero-order valence-electron chi connectivity index (χ0n) is 21.3. The highest BCUT2D eigenvalue weighted by atomic mass is 19.4. The monoisotopic (exact) mass is 541 g/mol. The van der Waals surface area contributed by atoms with E-state index in [1.54, 1.807) is 4.90 Å². The molecule has 0 radical (unpaired) electrons. The molecule has 1 saturated carbocycles. The predicted octanol–water partition coefficient (Wildman–Crippen LogP) is 3.46. The second-order valence-electron chi connectivity index (χ2n) is 10.3. The van der Waals surface area contributed by atoms with Gasteiger partial charge in [0.2, 0.25) is 11.8 Å².